The molecule has 0 aliphatic carbocycles. The minimum absolute atomic E-state index is 0.175. The van der Waals surface area contributed by atoms with Crippen molar-refractivity contribution in [2.24, 2.45) is 0 Å². The molecule has 0 saturated carbocycles. The summed E-state index contributed by atoms with van der Waals surface area (Å²) in [6.07, 6.45) is -4.18. The summed E-state index contributed by atoms with van der Waals surface area (Å²) >= 11 is 0. The Bertz CT molecular complexity index is 422. The van der Waals surface area contributed by atoms with E-state index in [0.29, 0.717) is 5.75 Å². The van der Waals surface area contributed by atoms with E-state index in [9.17, 15) is 13.2 Å². The fraction of sp³-hybridized carbons (Fsp3) is 0.600. The monoisotopic (exact) mass is 304 g/mol. The van der Waals surface area contributed by atoms with Crippen LogP contribution in [0.1, 0.15) is 19.4 Å². The van der Waals surface area contributed by atoms with Crippen LogP contribution in [0.5, 0.6) is 5.75 Å². The number of hydrogen-bond acceptors (Lipinski definition) is 3. The highest BCUT2D eigenvalue weighted by atomic mass is 19.4. The first kappa shape index (κ1) is 17.8. The van der Waals surface area contributed by atoms with Gasteiger partial charge in [-0.05, 0) is 38.6 Å². The first-order chi connectivity index (χ1) is 9.81. The summed E-state index contributed by atoms with van der Waals surface area (Å²) in [5.74, 6) is 0.679. The third-order valence-corrected chi connectivity index (χ3v) is 3.04. The molecule has 1 rings (SSSR count). The van der Waals surface area contributed by atoms with Crippen LogP contribution in [0.25, 0.3) is 0 Å². The van der Waals surface area contributed by atoms with Crippen LogP contribution in [-0.4, -0.2) is 43.9 Å². The van der Waals surface area contributed by atoms with Crippen molar-refractivity contribution in [2.75, 3.05) is 26.7 Å². The Kier molecular flexibility index (Phi) is 6.98. The highest BCUT2D eigenvalue weighted by Gasteiger charge is 2.31. The Hall–Kier alpha value is -1.27. The Balaban J connectivity index is 2.48. The molecule has 0 unspecified atom stereocenters. The predicted octanol–water partition coefficient (Wildman–Crippen LogP) is 3.06. The highest BCUT2D eigenvalue weighted by molar-refractivity contribution is 5.28. The summed E-state index contributed by atoms with van der Waals surface area (Å²) in [5, 5.41) is 3.04. The summed E-state index contributed by atoms with van der Waals surface area (Å²) in [5.41, 5.74) is 1.08. The Morgan fingerprint density at radius 3 is 2.57 bits per heavy atom. The van der Waals surface area contributed by atoms with Gasteiger partial charge in [-0.1, -0.05) is 12.1 Å². The molecule has 0 heterocycles. The Labute approximate surface area is 124 Å². The molecule has 21 heavy (non-hydrogen) atoms. The van der Waals surface area contributed by atoms with E-state index in [2.05, 4.69) is 5.32 Å². The second-order valence-corrected chi connectivity index (χ2v) is 5.21. The maximum Gasteiger partial charge on any atom is 0.401 e. The van der Waals surface area contributed by atoms with Crippen molar-refractivity contribution in [3.63, 3.8) is 0 Å². The number of nitrogens with one attached hydrogen (secondary N) is 1. The van der Waals surface area contributed by atoms with Crippen molar-refractivity contribution in [1.29, 1.82) is 0 Å². The lowest BCUT2D eigenvalue weighted by molar-refractivity contribution is -0.150. The lowest BCUT2D eigenvalue weighted by Crippen LogP contribution is -2.41. The summed E-state index contributed by atoms with van der Waals surface area (Å²) < 4.78 is 42.9. The lowest BCUT2D eigenvalue weighted by atomic mass is 10.2. The van der Waals surface area contributed by atoms with Crippen LogP contribution < -0.4 is 10.1 Å². The van der Waals surface area contributed by atoms with E-state index in [1.165, 1.54) is 4.90 Å². The average molecular weight is 304 g/mol. The van der Waals surface area contributed by atoms with Gasteiger partial charge >= 0.3 is 6.18 Å². The van der Waals surface area contributed by atoms with E-state index >= 15 is 0 Å². The molecule has 0 aliphatic heterocycles. The average Bonchev–Trinajstić information content (AvgIpc) is 2.37. The van der Waals surface area contributed by atoms with Crippen LogP contribution in [0.2, 0.25) is 0 Å². The Morgan fingerprint density at radius 2 is 2.00 bits per heavy atom. The fourth-order valence-corrected chi connectivity index (χ4v) is 1.98. The zero-order valence-corrected chi connectivity index (χ0v) is 12.7. The van der Waals surface area contributed by atoms with E-state index in [1.54, 1.807) is 13.8 Å². The van der Waals surface area contributed by atoms with E-state index in [4.69, 9.17) is 4.74 Å². The van der Waals surface area contributed by atoms with Crippen molar-refractivity contribution < 1.29 is 17.9 Å². The van der Waals surface area contributed by atoms with Gasteiger partial charge in [0.1, 0.15) is 12.4 Å². The van der Waals surface area contributed by atoms with Crippen LogP contribution in [0, 0.1) is 0 Å². The van der Waals surface area contributed by atoms with Crippen molar-refractivity contribution in [3.8, 4) is 5.75 Å². The first-order valence-corrected chi connectivity index (χ1v) is 6.99. The maximum atomic E-state index is 12.5. The quantitative estimate of drug-likeness (QED) is 0.799. The molecule has 1 N–H and O–H groups in total. The number of nitrogens with zero attached hydrogens (tertiary/aromatic N) is 1. The summed E-state index contributed by atoms with van der Waals surface area (Å²) in [4.78, 5) is 1.36. The minimum Gasteiger partial charge on any atom is -0.492 e. The van der Waals surface area contributed by atoms with Gasteiger partial charge in [0.15, 0.2) is 0 Å². The van der Waals surface area contributed by atoms with Crippen LogP contribution >= 0.6 is 0 Å². The molecular weight excluding hydrogens is 281 g/mol. The third-order valence-electron chi connectivity index (χ3n) is 3.04. The van der Waals surface area contributed by atoms with E-state index in [0.717, 1.165) is 12.1 Å². The molecule has 1 aromatic carbocycles. The van der Waals surface area contributed by atoms with Gasteiger partial charge < -0.3 is 10.1 Å². The van der Waals surface area contributed by atoms with Crippen LogP contribution in [0.3, 0.4) is 0 Å². The number of benzene rings is 1. The standard InChI is InChI=1S/C15H23F3N2O/c1-12(2)20(11-15(16,17)18)7-8-21-14-6-4-5-13(9-14)10-19-3/h4-6,9,12,19H,7-8,10-11H2,1-3H3. The number of rotatable bonds is 8. The summed E-state index contributed by atoms with van der Waals surface area (Å²) in [6, 6.07) is 7.36. The molecule has 1 aromatic rings. The SMILES string of the molecule is CNCc1cccc(OCCN(CC(F)(F)F)C(C)C)c1. The molecular formula is C15H23F3N2O. The zero-order chi connectivity index (χ0) is 15.9. The molecule has 0 atom stereocenters. The molecule has 0 bridgehead atoms. The fourth-order valence-electron chi connectivity index (χ4n) is 1.98. The van der Waals surface area contributed by atoms with Gasteiger partial charge in [-0.25, -0.2) is 0 Å². The van der Waals surface area contributed by atoms with E-state index < -0.39 is 12.7 Å². The molecule has 6 heteroatoms. The summed E-state index contributed by atoms with van der Waals surface area (Å²) in [7, 11) is 1.85. The molecule has 0 radical (unpaired) electrons. The van der Waals surface area contributed by atoms with Gasteiger partial charge in [0.2, 0.25) is 0 Å². The van der Waals surface area contributed by atoms with Crippen LogP contribution in [0.4, 0.5) is 13.2 Å². The lowest BCUT2D eigenvalue weighted by Gasteiger charge is -2.27. The van der Waals surface area contributed by atoms with Gasteiger partial charge in [-0.3, -0.25) is 4.90 Å². The summed E-state index contributed by atoms with van der Waals surface area (Å²) in [6.45, 7) is 3.79. The van der Waals surface area contributed by atoms with Gasteiger partial charge in [0.05, 0.1) is 6.54 Å². The van der Waals surface area contributed by atoms with Gasteiger partial charge in [0, 0.05) is 19.1 Å². The second-order valence-electron chi connectivity index (χ2n) is 5.21. The smallest absolute Gasteiger partial charge is 0.401 e. The number of halogens is 3. The van der Waals surface area contributed by atoms with E-state index in [1.807, 2.05) is 31.3 Å². The van der Waals surface area contributed by atoms with Crippen LogP contribution in [0.15, 0.2) is 24.3 Å². The second kappa shape index (κ2) is 8.24. The van der Waals surface area contributed by atoms with Crippen LogP contribution in [-0.2, 0) is 6.54 Å². The van der Waals surface area contributed by atoms with Crippen molar-refractivity contribution in [2.45, 2.75) is 32.6 Å². The third kappa shape index (κ3) is 7.34. The normalized spacial score (nSPS) is 12.2. The van der Waals surface area contributed by atoms with Gasteiger partial charge in [-0.15, -0.1) is 0 Å². The zero-order valence-electron chi connectivity index (χ0n) is 12.7. The van der Waals surface area contributed by atoms with Gasteiger partial charge in [0.25, 0.3) is 0 Å². The molecule has 3 nitrogen and oxygen atoms in total. The Morgan fingerprint density at radius 1 is 1.29 bits per heavy atom. The molecule has 0 aromatic heterocycles. The molecule has 0 saturated heterocycles. The molecule has 0 amide bonds. The number of ether oxygens (including phenoxy) is 1. The van der Waals surface area contributed by atoms with Crippen molar-refractivity contribution in [3.05, 3.63) is 29.8 Å². The predicted molar refractivity (Wildman–Crippen MR) is 77.5 cm³/mol. The van der Waals surface area contributed by atoms with E-state index in [-0.39, 0.29) is 19.2 Å². The molecule has 0 fully saturated rings. The molecule has 120 valence electrons. The maximum absolute atomic E-state index is 12.5. The molecule has 0 aliphatic rings. The first-order valence-electron chi connectivity index (χ1n) is 6.99. The number of alkyl halides is 3. The van der Waals surface area contributed by atoms with Gasteiger partial charge in [-0.2, -0.15) is 13.2 Å². The minimum atomic E-state index is -4.18. The largest absolute Gasteiger partial charge is 0.492 e. The highest BCUT2D eigenvalue weighted by Crippen LogP contribution is 2.18. The van der Waals surface area contributed by atoms with Crippen molar-refractivity contribution >= 4 is 0 Å². The topological polar surface area (TPSA) is 24.5 Å². The number of hydrogen-bond donors (Lipinski definition) is 1. The molecule has 0 spiro atoms. The van der Waals surface area contributed by atoms with Crippen molar-refractivity contribution in [1.82, 2.24) is 10.2 Å².